The summed E-state index contributed by atoms with van der Waals surface area (Å²) < 4.78 is 33.6. The molecule has 1 aliphatic carbocycles. The molecule has 2 amide bonds. The number of nitrogens with zero attached hydrogens (tertiary/aromatic N) is 3. The van der Waals surface area contributed by atoms with Gasteiger partial charge in [0.1, 0.15) is 17.2 Å². The van der Waals surface area contributed by atoms with E-state index >= 15 is 0 Å². The maximum absolute atomic E-state index is 13.8. The first-order valence-electron chi connectivity index (χ1n) is 10.4. The zero-order chi connectivity index (χ0) is 22.8. The molecular formula is C21H20F2N4O5. The van der Waals surface area contributed by atoms with Crippen LogP contribution in [0.4, 0.5) is 8.78 Å². The second kappa shape index (κ2) is 7.16. The minimum atomic E-state index is -1.34. The Hall–Kier alpha value is -3.21. The standard InChI is InChI=1S/C21H20F2N4O5/c1-10-9-32-21-4-2-3-15(21)26-8-12(17(28)18(29)16(26)20(31)27(10)21)19(30)25-5-11-13(22)6-24-7-14(11)23/h6-8,10,15-16H,2-5,9H2,1H3,(H,25,30)/t10-,15+,16?,21+/m1/s1. The number of rotatable bonds is 3. The SMILES string of the molecule is C[C@@H]1CO[C@@]23CCC[C@@H]2N2C=C(C(=O)NCc4c(F)cncc4F)C(=O)C(=O)C2C(=O)N13. The van der Waals surface area contributed by atoms with Crippen molar-refractivity contribution in [3.8, 4) is 0 Å². The van der Waals surface area contributed by atoms with Crippen LogP contribution in [0.15, 0.2) is 24.2 Å². The normalized spacial score (nSPS) is 31.3. The maximum atomic E-state index is 13.8. The van der Waals surface area contributed by atoms with E-state index in [0.717, 1.165) is 18.8 Å². The first-order valence-corrected chi connectivity index (χ1v) is 10.4. The summed E-state index contributed by atoms with van der Waals surface area (Å²) in [6, 6.07) is -1.95. The van der Waals surface area contributed by atoms with E-state index in [1.807, 2.05) is 6.92 Å². The van der Waals surface area contributed by atoms with Crippen LogP contribution in [-0.2, 0) is 30.5 Å². The van der Waals surface area contributed by atoms with Gasteiger partial charge in [0.2, 0.25) is 11.6 Å². The van der Waals surface area contributed by atoms with Crippen LogP contribution in [0.1, 0.15) is 31.7 Å². The fourth-order valence-corrected chi connectivity index (χ4v) is 5.31. The summed E-state index contributed by atoms with van der Waals surface area (Å²) in [7, 11) is 0. The van der Waals surface area contributed by atoms with Gasteiger partial charge in [0.05, 0.1) is 31.1 Å². The third-order valence-electron chi connectivity index (χ3n) is 6.70. The Labute approximate surface area is 181 Å². The summed E-state index contributed by atoms with van der Waals surface area (Å²) in [5, 5.41) is 2.28. The van der Waals surface area contributed by atoms with E-state index in [1.165, 1.54) is 11.1 Å². The van der Waals surface area contributed by atoms with Crippen molar-refractivity contribution >= 4 is 23.4 Å². The predicted molar refractivity (Wildman–Crippen MR) is 102 cm³/mol. The molecule has 1 unspecified atom stereocenters. The van der Waals surface area contributed by atoms with E-state index in [-0.39, 0.29) is 12.1 Å². The van der Waals surface area contributed by atoms with Crippen molar-refractivity contribution in [1.29, 1.82) is 0 Å². The number of hydrogen-bond donors (Lipinski definition) is 1. The van der Waals surface area contributed by atoms with Gasteiger partial charge in [-0.15, -0.1) is 0 Å². The van der Waals surface area contributed by atoms with Gasteiger partial charge < -0.3 is 19.9 Å². The van der Waals surface area contributed by atoms with Gasteiger partial charge in [-0.25, -0.2) is 8.78 Å². The fourth-order valence-electron chi connectivity index (χ4n) is 5.31. The molecule has 5 rings (SSSR count). The fraction of sp³-hybridized carbons (Fsp3) is 0.476. The van der Waals surface area contributed by atoms with Gasteiger partial charge in [-0.05, 0) is 26.2 Å². The maximum Gasteiger partial charge on any atom is 0.257 e. The van der Waals surface area contributed by atoms with Gasteiger partial charge in [-0.1, -0.05) is 0 Å². The minimum Gasteiger partial charge on any atom is -0.351 e. The Morgan fingerprint density at radius 2 is 2.00 bits per heavy atom. The van der Waals surface area contributed by atoms with Crippen molar-refractivity contribution in [2.24, 2.45) is 0 Å². The van der Waals surface area contributed by atoms with Crippen molar-refractivity contribution in [2.75, 3.05) is 6.61 Å². The summed E-state index contributed by atoms with van der Waals surface area (Å²) in [5.41, 5.74) is -1.79. The van der Waals surface area contributed by atoms with Gasteiger partial charge in [-0.3, -0.25) is 24.2 Å². The molecule has 0 radical (unpaired) electrons. The highest BCUT2D eigenvalue weighted by atomic mass is 19.1. The highest BCUT2D eigenvalue weighted by Gasteiger charge is 2.65. The van der Waals surface area contributed by atoms with E-state index in [1.54, 1.807) is 4.90 Å². The Kier molecular flexibility index (Phi) is 4.63. The van der Waals surface area contributed by atoms with Gasteiger partial charge in [-0.2, -0.15) is 0 Å². The number of carbonyl (C=O) groups excluding carboxylic acids is 4. The Morgan fingerprint density at radius 3 is 2.72 bits per heavy atom. The topological polar surface area (TPSA) is 109 Å². The number of nitrogens with one attached hydrogen (secondary N) is 1. The number of halogens is 2. The molecule has 1 aromatic rings. The predicted octanol–water partition coefficient (Wildman–Crippen LogP) is 0.192. The summed E-state index contributed by atoms with van der Waals surface area (Å²) in [6.07, 6.45) is 4.79. The van der Waals surface area contributed by atoms with Crippen molar-refractivity contribution in [2.45, 2.75) is 56.6 Å². The van der Waals surface area contributed by atoms with Crippen LogP contribution in [0.2, 0.25) is 0 Å². The van der Waals surface area contributed by atoms with Crippen LogP contribution in [0, 0.1) is 11.6 Å². The number of Topliss-reactive ketones (excluding diaryl/α,β-unsaturated/α-hetero) is 2. The summed E-state index contributed by atoms with van der Waals surface area (Å²) in [4.78, 5) is 58.0. The molecule has 0 aromatic carbocycles. The third kappa shape index (κ3) is 2.73. The molecule has 3 fully saturated rings. The first-order chi connectivity index (χ1) is 15.3. The highest BCUT2D eigenvalue weighted by Crippen LogP contribution is 2.49. The smallest absolute Gasteiger partial charge is 0.257 e. The Morgan fingerprint density at radius 1 is 1.28 bits per heavy atom. The average molecular weight is 446 g/mol. The molecule has 1 spiro atoms. The molecule has 4 heterocycles. The lowest BCUT2D eigenvalue weighted by atomic mass is 9.87. The molecular weight excluding hydrogens is 426 g/mol. The number of amides is 2. The molecule has 1 saturated carbocycles. The highest BCUT2D eigenvalue weighted by molar-refractivity contribution is 6.54. The lowest BCUT2D eigenvalue weighted by Crippen LogP contribution is -2.73. The quantitative estimate of drug-likeness (QED) is 0.401. The molecule has 32 heavy (non-hydrogen) atoms. The number of ketones is 2. The van der Waals surface area contributed by atoms with E-state index < -0.39 is 64.5 Å². The van der Waals surface area contributed by atoms with Crippen LogP contribution in [-0.4, -0.2) is 68.6 Å². The zero-order valence-corrected chi connectivity index (χ0v) is 17.1. The molecule has 11 heteroatoms. The van der Waals surface area contributed by atoms with Crippen LogP contribution >= 0.6 is 0 Å². The second-order valence-electron chi connectivity index (χ2n) is 8.47. The largest absolute Gasteiger partial charge is 0.351 e. The average Bonchev–Trinajstić information content (AvgIpc) is 3.33. The molecule has 2 saturated heterocycles. The van der Waals surface area contributed by atoms with Crippen molar-refractivity contribution < 1.29 is 32.7 Å². The number of ether oxygens (including phenoxy) is 1. The molecule has 9 nitrogen and oxygen atoms in total. The number of hydrogen-bond acceptors (Lipinski definition) is 7. The van der Waals surface area contributed by atoms with Crippen molar-refractivity contribution in [3.63, 3.8) is 0 Å². The van der Waals surface area contributed by atoms with Crippen LogP contribution in [0.5, 0.6) is 0 Å². The van der Waals surface area contributed by atoms with Crippen molar-refractivity contribution in [1.82, 2.24) is 20.1 Å². The van der Waals surface area contributed by atoms with E-state index in [2.05, 4.69) is 10.3 Å². The summed E-state index contributed by atoms with van der Waals surface area (Å²) >= 11 is 0. The second-order valence-corrected chi connectivity index (χ2v) is 8.47. The molecule has 1 N–H and O–H groups in total. The molecule has 168 valence electrons. The van der Waals surface area contributed by atoms with Gasteiger partial charge >= 0.3 is 0 Å². The minimum absolute atomic E-state index is 0.230. The lowest BCUT2D eigenvalue weighted by Gasteiger charge is -2.52. The van der Waals surface area contributed by atoms with Gasteiger partial charge in [0.25, 0.3) is 11.8 Å². The summed E-state index contributed by atoms with van der Waals surface area (Å²) in [6.45, 7) is 1.62. The van der Waals surface area contributed by atoms with E-state index in [4.69, 9.17) is 4.74 Å². The number of carbonyl (C=O) groups is 4. The Balaban J connectivity index is 1.46. The van der Waals surface area contributed by atoms with Gasteiger partial charge in [0, 0.05) is 18.3 Å². The Bertz CT molecular complexity index is 1070. The number of pyridine rings is 1. The monoisotopic (exact) mass is 446 g/mol. The molecule has 1 aromatic heterocycles. The number of fused-ring (bicyclic) bond motifs is 2. The molecule has 4 atom stereocenters. The number of piperazine rings is 1. The van der Waals surface area contributed by atoms with Crippen LogP contribution < -0.4 is 5.32 Å². The lowest BCUT2D eigenvalue weighted by molar-refractivity contribution is -0.185. The van der Waals surface area contributed by atoms with Crippen LogP contribution in [0.25, 0.3) is 0 Å². The zero-order valence-electron chi connectivity index (χ0n) is 17.1. The van der Waals surface area contributed by atoms with E-state index in [0.29, 0.717) is 19.4 Å². The number of aromatic nitrogens is 1. The van der Waals surface area contributed by atoms with Crippen molar-refractivity contribution in [3.05, 3.63) is 41.4 Å². The molecule has 0 bridgehead atoms. The summed E-state index contributed by atoms with van der Waals surface area (Å²) in [5.74, 6) is -5.47. The first kappa shape index (κ1) is 20.7. The third-order valence-corrected chi connectivity index (χ3v) is 6.70. The molecule has 4 aliphatic rings. The van der Waals surface area contributed by atoms with Gasteiger partial charge in [0.15, 0.2) is 11.8 Å². The van der Waals surface area contributed by atoms with Crippen LogP contribution in [0.3, 0.4) is 0 Å². The molecule has 3 aliphatic heterocycles. The van der Waals surface area contributed by atoms with E-state index in [9.17, 15) is 28.0 Å².